The van der Waals surface area contributed by atoms with E-state index in [0.29, 0.717) is 9.80 Å². The molecule has 0 radical (unpaired) electrons. The minimum Gasteiger partial charge on any atom is -0.444 e. The summed E-state index contributed by atoms with van der Waals surface area (Å²) in [5, 5.41) is 36.8. The molecule has 2 fully saturated rings. The first kappa shape index (κ1) is 41.5. The van der Waals surface area contributed by atoms with Crippen LogP contribution >= 0.6 is 0 Å². The van der Waals surface area contributed by atoms with Crippen molar-refractivity contribution < 1.29 is 82.0 Å². The lowest BCUT2D eigenvalue weighted by Crippen LogP contribution is -2.51. The van der Waals surface area contributed by atoms with Crippen molar-refractivity contribution >= 4 is 23.6 Å². The third-order valence-electron chi connectivity index (χ3n) is 8.04. The number of nitrogens with zero attached hydrogens (tertiary/aromatic N) is 4. The quantitative estimate of drug-likeness (QED) is 0.315. The number of rotatable bonds is 4. The molecule has 2 aromatic carbocycles. The Hall–Kier alpha value is -4.96. The van der Waals surface area contributed by atoms with E-state index in [9.17, 15) is 72.5 Å². The molecular formula is C30H24F12N4O6. The molecule has 0 aliphatic carbocycles. The van der Waals surface area contributed by atoms with Crippen molar-refractivity contribution in [2.24, 2.45) is 0 Å². The first-order valence-electron chi connectivity index (χ1n) is 14.3. The van der Waals surface area contributed by atoms with E-state index in [-0.39, 0.29) is 0 Å². The van der Waals surface area contributed by atoms with Crippen molar-refractivity contribution in [3.63, 3.8) is 0 Å². The summed E-state index contributed by atoms with van der Waals surface area (Å²) in [4.78, 5) is 24.6. The number of hydrogen-bond donors (Lipinski definition) is 2. The van der Waals surface area contributed by atoms with Gasteiger partial charge in [-0.1, -0.05) is 0 Å². The molecule has 0 aromatic heterocycles. The van der Waals surface area contributed by atoms with Crippen LogP contribution in [0.3, 0.4) is 0 Å². The highest BCUT2D eigenvalue weighted by atomic mass is 19.4. The van der Waals surface area contributed by atoms with Gasteiger partial charge in [0.1, 0.15) is 24.3 Å². The number of carbonyl (C=O) groups excluding carboxylic acids is 2. The number of amides is 2. The van der Waals surface area contributed by atoms with E-state index in [1.807, 2.05) is 0 Å². The summed E-state index contributed by atoms with van der Waals surface area (Å²) in [5.74, 6) is 0. The molecule has 4 rings (SSSR count). The summed E-state index contributed by atoms with van der Waals surface area (Å²) in [7, 11) is 0. The Labute approximate surface area is 284 Å². The van der Waals surface area contributed by atoms with Gasteiger partial charge in [0.05, 0.1) is 45.8 Å². The molecule has 284 valence electrons. The maximum Gasteiger partial charge on any atom is 0.418 e. The Morgan fingerprint density at radius 1 is 0.635 bits per heavy atom. The largest absolute Gasteiger partial charge is 0.444 e. The van der Waals surface area contributed by atoms with Crippen molar-refractivity contribution in [2.45, 2.75) is 88.9 Å². The molecule has 2 N–H and O–H groups in total. The molecule has 2 heterocycles. The fourth-order valence-corrected chi connectivity index (χ4v) is 5.78. The van der Waals surface area contributed by atoms with Crippen LogP contribution in [0.25, 0.3) is 0 Å². The van der Waals surface area contributed by atoms with Gasteiger partial charge in [-0.3, -0.25) is 9.80 Å². The number of hydrogen-bond acceptors (Lipinski definition) is 8. The number of cyclic esters (lactones) is 2. The monoisotopic (exact) mass is 764 g/mol. The third kappa shape index (κ3) is 7.92. The van der Waals surface area contributed by atoms with Gasteiger partial charge in [0.15, 0.2) is 12.2 Å². The fourth-order valence-electron chi connectivity index (χ4n) is 5.78. The number of alkyl halides is 12. The SMILES string of the molecule is Cc1c(N2C(=O)O[C@@H](C)[C@@H]2[C@@H](O)C(F)(F)F)ccc(C#N)c1C(F)(F)F.Cc1c(N2C(=O)O[C@@H](C)[C@@H]2[C@H](O)C(F)(F)F)ccc(C#N)c1C(F)(F)F. The van der Waals surface area contributed by atoms with Gasteiger partial charge in [-0.05, 0) is 63.1 Å². The van der Waals surface area contributed by atoms with E-state index in [4.69, 9.17) is 10.5 Å². The lowest BCUT2D eigenvalue weighted by atomic mass is 9.97. The second-order valence-corrected chi connectivity index (χ2v) is 11.4. The Balaban J connectivity index is 0.000000280. The summed E-state index contributed by atoms with van der Waals surface area (Å²) in [6, 6.07) is 2.08. The van der Waals surface area contributed by atoms with Crippen molar-refractivity contribution in [2.75, 3.05) is 9.80 Å². The molecule has 0 spiro atoms. The zero-order valence-corrected chi connectivity index (χ0v) is 26.6. The number of benzene rings is 2. The summed E-state index contributed by atoms with van der Waals surface area (Å²) in [6.07, 6.45) is -31.8. The molecule has 2 amide bonds. The van der Waals surface area contributed by atoms with Crippen molar-refractivity contribution in [3.05, 3.63) is 57.6 Å². The molecule has 0 unspecified atom stereocenters. The Morgan fingerprint density at radius 3 is 1.15 bits per heavy atom. The average molecular weight is 765 g/mol. The summed E-state index contributed by atoms with van der Waals surface area (Å²) >= 11 is 0. The van der Waals surface area contributed by atoms with E-state index in [0.717, 1.165) is 52.0 Å². The molecule has 2 aliphatic heterocycles. The normalized spacial score (nSPS) is 22.2. The summed E-state index contributed by atoms with van der Waals surface area (Å²) in [6.45, 7) is 4.01. The van der Waals surface area contributed by atoms with E-state index in [1.165, 1.54) is 12.1 Å². The van der Waals surface area contributed by atoms with Crippen LogP contribution in [0.4, 0.5) is 73.6 Å². The predicted octanol–water partition coefficient (Wildman–Crippen LogP) is 7.04. The number of aliphatic hydroxyl groups is 2. The topological polar surface area (TPSA) is 147 Å². The van der Waals surface area contributed by atoms with E-state index < -0.39 is 118 Å². The minimum absolute atomic E-state index is 0.342. The van der Waals surface area contributed by atoms with Crippen LogP contribution in [0.2, 0.25) is 0 Å². The number of aliphatic hydroxyl groups excluding tert-OH is 2. The molecule has 52 heavy (non-hydrogen) atoms. The molecule has 6 atom stereocenters. The maximum atomic E-state index is 13.3. The van der Waals surface area contributed by atoms with Gasteiger partial charge in [-0.15, -0.1) is 0 Å². The van der Waals surface area contributed by atoms with Crippen LogP contribution in [0.1, 0.15) is 47.2 Å². The summed E-state index contributed by atoms with van der Waals surface area (Å²) in [5.41, 5.74) is -6.53. The molecule has 0 saturated carbocycles. The number of halogens is 12. The Bertz CT molecular complexity index is 1670. The zero-order valence-electron chi connectivity index (χ0n) is 26.6. The third-order valence-corrected chi connectivity index (χ3v) is 8.04. The van der Waals surface area contributed by atoms with E-state index in [1.54, 1.807) is 0 Å². The van der Waals surface area contributed by atoms with Crippen LogP contribution in [-0.2, 0) is 21.8 Å². The molecule has 2 saturated heterocycles. The minimum atomic E-state index is -5.13. The van der Waals surface area contributed by atoms with E-state index >= 15 is 0 Å². The smallest absolute Gasteiger partial charge is 0.418 e. The second kappa shape index (κ2) is 14.2. The maximum absolute atomic E-state index is 13.3. The second-order valence-electron chi connectivity index (χ2n) is 11.4. The highest BCUT2D eigenvalue weighted by Crippen LogP contribution is 2.43. The van der Waals surface area contributed by atoms with Crippen LogP contribution < -0.4 is 9.80 Å². The first-order valence-corrected chi connectivity index (χ1v) is 14.3. The average Bonchev–Trinajstić information content (AvgIpc) is 3.45. The van der Waals surface area contributed by atoms with Crippen LogP contribution in [-0.4, -0.2) is 71.3 Å². The van der Waals surface area contributed by atoms with Crippen LogP contribution in [0.15, 0.2) is 24.3 Å². The Kier molecular flexibility index (Phi) is 11.3. The fraction of sp³-hybridized carbons (Fsp3) is 0.467. The number of ether oxygens (including phenoxy) is 2. The Morgan fingerprint density at radius 2 is 0.923 bits per heavy atom. The molecule has 2 aliphatic rings. The molecule has 0 bridgehead atoms. The predicted molar refractivity (Wildman–Crippen MR) is 150 cm³/mol. The molecule has 2 aromatic rings. The van der Waals surface area contributed by atoms with Gasteiger partial charge in [0.2, 0.25) is 0 Å². The lowest BCUT2D eigenvalue weighted by molar-refractivity contribution is -0.212. The van der Waals surface area contributed by atoms with Crippen LogP contribution in [0, 0.1) is 36.5 Å². The van der Waals surface area contributed by atoms with Crippen molar-refractivity contribution in [1.82, 2.24) is 0 Å². The summed E-state index contributed by atoms with van der Waals surface area (Å²) < 4.78 is 166. The highest BCUT2D eigenvalue weighted by Gasteiger charge is 2.56. The standard InChI is InChI=1S/2C15H12F6N2O3/c2*1-6-9(4-3-8(5-22)10(6)14(16,17)18)23-11(7(2)26-13(23)25)12(24)15(19,20)21/h2*3-4,7,11-12,24H,1-2H3/t7-,11+,12+;7-,11+,12-/m00/s1. The van der Waals surface area contributed by atoms with Crippen molar-refractivity contribution in [3.8, 4) is 12.1 Å². The van der Waals surface area contributed by atoms with Crippen molar-refractivity contribution in [1.29, 1.82) is 10.5 Å². The number of carbonyl (C=O) groups is 2. The first-order chi connectivity index (χ1) is 23.6. The highest BCUT2D eigenvalue weighted by molar-refractivity contribution is 5.93. The van der Waals surface area contributed by atoms with E-state index in [2.05, 4.69) is 9.47 Å². The van der Waals surface area contributed by atoms with Gasteiger partial charge in [0.25, 0.3) is 0 Å². The van der Waals surface area contributed by atoms with Crippen LogP contribution in [0.5, 0.6) is 0 Å². The van der Waals surface area contributed by atoms with Gasteiger partial charge in [0, 0.05) is 0 Å². The lowest BCUT2D eigenvalue weighted by Gasteiger charge is -2.30. The molecule has 22 heteroatoms. The molecular weight excluding hydrogens is 740 g/mol. The van der Waals surface area contributed by atoms with Gasteiger partial charge in [-0.2, -0.15) is 63.2 Å². The van der Waals surface area contributed by atoms with Gasteiger partial charge >= 0.3 is 36.9 Å². The zero-order chi connectivity index (χ0) is 40.0. The number of nitriles is 2. The van der Waals surface area contributed by atoms with Gasteiger partial charge in [-0.25, -0.2) is 9.59 Å². The van der Waals surface area contributed by atoms with Gasteiger partial charge < -0.3 is 19.7 Å². The molecule has 10 nitrogen and oxygen atoms in total. The number of anilines is 2.